The van der Waals surface area contributed by atoms with Crippen molar-refractivity contribution < 1.29 is 34.8 Å². The summed E-state index contributed by atoms with van der Waals surface area (Å²) in [7, 11) is -6.12. The molecular formula is C23H27Cl2F3N4O5S2. The molecule has 1 saturated heterocycles. The van der Waals surface area contributed by atoms with Crippen LogP contribution in [0.5, 0.6) is 0 Å². The minimum Gasteiger partial charge on any atom is -0.348 e. The fraction of sp³-hybridized carbons (Fsp3) is 0.435. The number of amides is 1. The maximum absolute atomic E-state index is 14.0. The molecule has 216 valence electrons. The van der Waals surface area contributed by atoms with Crippen LogP contribution in [0, 0.1) is 0 Å². The molecule has 2 aromatic rings. The fourth-order valence-corrected chi connectivity index (χ4v) is 6.52. The third-order valence-corrected chi connectivity index (χ3v) is 9.77. The highest BCUT2D eigenvalue weighted by atomic mass is 35.5. The van der Waals surface area contributed by atoms with Crippen molar-refractivity contribution in [3.8, 4) is 0 Å². The van der Waals surface area contributed by atoms with Crippen LogP contribution in [0.4, 0.5) is 13.2 Å². The van der Waals surface area contributed by atoms with E-state index in [9.17, 15) is 34.8 Å². The smallest absolute Gasteiger partial charge is 0.348 e. The molecule has 39 heavy (non-hydrogen) atoms. The highest BCUT2D eigenvalue weighted by Gasteiger charge is 2.37. The molecule has 0 aliphatic carbocycles. The lowest BCUT2D eigenvalue weighted by molar-refractivity contribution is -0.138. The molecule has 3 rings (SSSR count). The molecule has 0 spiro atoms. The molecule has 0 unspecified atom stereocenters. The second kappa shape index (κ2) is 12.3. The number of halogens is 5. The fourth-order valence-electron chi connectivity index (χ4n) is 4.18. The molecule has 1 fully saturated rings. The average Bonchev–Trinajstić information content (AvgIpc) is 3.28. The van der Waals surface area contributed by atoms with Crippen molar-refractivity contribution in [1.82, 2.24) is 19.7 Å². The zero-order valence-electron chi connectivity index (χ0n) is 20.9. The SMILES string of the molecule is CCS(=O)(=O)c1ccc(Cl)cc1CNC(=O)c1cc(Cl)c(CN2CC[C@H](NS(=O)(=O)NC)C2)c(C(F)(F)F)c1. The lowest BCUT2D eigenvalue weighted by Gasteiger charge is -2.22. The van der Waals surface area contributed by atoms with Gasteiger partial charge in [0, 0.05) is 54.9 Å². The summed E-state index contributed by atoms with van der Waals surface area (Å²) in [5.74, 6) is -1.09. The van der Waals surface area contributed by atoms with Crippen LogP contribution < -0.4 is 14.8 Å². The number of nitrogens with zero attached hydrogens (tertiary/aromatic N) is 1. The topological polar surface area (TPSA) is 125 Å². The summed E-state index contributed by atoms with van der Waals surface area (Å²) >= 11 is 12.2. The number of alkyl halides is 3. The van der Waals surface area contributed by atoms with Crippen LogP contribution in [0.25, 0.3) is 0 Å². The first kappa shape index (κ1) is 31.6. The Hall–Kier alpha value is -1.94. The van der Waals surface area contributed by atoms with E-state index in [1.54, 1.807) is 4.90 Å². The number of nitrogens with one attached hydrogen (secondary N) is 3. The summed E-state index contributed by atoms with van der Waals surface area (Å²) in [4.78, 5) is 14.4. The molecule has 0 radical (unpaired) electrons. The predicted octanol–water partition coefficient (Wildman–Crippen LogP) is 3.36. The summed E-state index contributed by atoms with van der Waals surface area (Å²) in [6.45, 7) is 1.44. The van der Waals surface area contributed by atoms with Gasteiger partial charge in [-0.25, -0.2) is 13.1 Å². The summed E-state index contributed by atoms with van der Waals surface area (Å²) < 4.78 is 94.8. The lowest BCUT2D eigenvalue weighted by Crippen LogP contribution is -2.42. The number of rotatable bonds is 10. The zero-order chi connectivity index (χ0) is 29.2. The number of carbonyl (C=O) groups is 1. The standard InChI is InChI=1S/C23H27Cl2F3N4O5S2/c1-3-38(34,35)21-5-4-16(24)8-15(21)11-30-22(33)14-9-19(23(26,27)28)18(20(25)10-14)13-32-7-6-17(12-32)31-39(36,37)29-2/h4-5,8-10,17,29,31H,3,6-7,11-13H2,1-2H3,(H,30,33)/t17-/m0/s1. The van der Waals surface area contributed by atoms with Crippen LogP contribution in [-0.4, -0.2) is 59.6 Å². The van der Waals surface area contributed by atoms with E-state index in [2.05, 4.69) is 14.8 Å². The summed E-state index contributed by atoms with van der Waals surface area (Å²) in [5, 5.41) is 2.38. The van der Waals surface area contributed by atoms with Crippen LogP contribution in [-0.2, 0) is 39.3 Å². The van der Waals surface area contributed by atoms with Gasteiger partial charge in [-0.2, -0.15) is 26.3 Å². The third-order valence-electron chi connectivity index (χ3n) is 6.18. The summed E-state index contributed by atoms with van der Waals surface area (Å²) in [6, 6.07) is 5.37. The van der Waals surface area contributed by atoms with Gasteiger partial charge in [-0.05, 0) is 47.9 Å². The van der Waals surface area contributed by atoms with Crippen LogP contribution in [0.15, 0.2) is 35.2 Å². The van der Waals surface area contributed by atoms with Crippen molar-refractivity contribution >= 4 is 49.2 Å². The molecule has 9 nitrogen and oxygen atoms in total. The van der Waals surface area contributed by atoms with E-state index in [1.807, 2.05) is 0 Å². The number of benzene rings is 2. The quantitative estimate of drug-likeness (QED) is 0.370. The van der Waals surface area contributed by atoms with Crippen molar-refractivity contribution in [2.75, 3.05) is 25.9 Å². The molecule has 1 heterocycles. The molecule has 3 N–H and O–H groups in total. The van der Waals surface area contributed by atoms with Crippen LogP contribution in [0.3, 0.4) is 0 Å². The Balaban J connectivity index is 1.82. The van der Waals surface area contributed by atoms with E-state index < -0.39 is 43.7 Å². The molecule has 0 aromatic heterocycles. The second-order valence-electron chi connectivity index (χ2n) is 8.87. The minimum atomic E-state index is -4.84. The lowest BCUT2D eigenvalue weighted by atomic mass is 10.0. The first-order valence-corrected chi connectivity index (χ1v) is 15.6. The molecule has 1 atom stereocenters. The highest BCUT2D eigenvalue weighted by molar-refractivity contribution is 7.91. The minimum absolute atomic E-state index is 0.0417. The Morgan fingerprint density at radius 1 is 1.13 bits per heavy atom. The monoisotopic (exact) mass is 630 g/mol. The van der Waals surface area contributed by atoms with Gasteiger partial charge in [0.25, 0.3) is 16.1 Å². The highest BCUT2D eigenvalue weighted by Crippen LogP contribution is 2.37. The maximum Gasteiger partial charge on any atom is 0.416 e. The largest absolute Gasteiger partial charge is 0.416 e. The molecule has 1 aliphatic heterocycles. The third kappa shape index (κ3) is 8.06. The van der Waals surface area contributed by atoms with Crippen molar-refractivity contribution in [2.45, 2.75) is 43.5 Å². The van der Waals surface area contributed by atoms with E-state index in [0.29, 0.717) is 19.0 Å². The molecule has 1 amide bonds. The zero-order valence-corrected chi connectivity index (χ0v) is 24.0. The van der Waals surface area contributed by atoms with Gasteiger partial charge in [0.1, 0.15) is 0 Å². The van der Waals surface area contributed by atoms with Gasteiger partial charge < -0.3 is 5.32 Å². The first-order chi connectivity index (χ1) is 18.1. The number of hydrogen-bond donors (Lipinski definition) is 3. The van der Waals surface area contributed by atoms with E-state index in [4.69, 9.17) is 23.2 Å². The number of hydrogen-bond acceptors (Lipinski definition) is 6. The maximum atomic E-state index is 14.0. The average molecular weight is 632 g/mol. The van der Waals surface area contributed by atoms with E-state index >= 15 is 0 Å². The van der Waals surface area contributed by atoms with Gasteiger partial charge in [-0.3, -0.25) is 9.69 Å². The van der Waals surface area contributed by atoms with Crippen LogP contribution in [0.2, 0.25) is 10.0 Å². The van der Waals surface area contributed by atoms with Crippen molar-refractivity contribution in [2.24, 2.45) is 0 Å². The molecule has 2 aromatic carbocycles. The van der Waals surface area contributed by atoms with Gasteiger partial charge in [-0.1, -0.05) is 30.1 Å². The Bertz CT molecular complexity index is 1450. The van der Waals surface area contributed by atoms with Crippen molar-refractivity contribution in [1.29, 1.82) is 0 Å². The summed E-state index contributed by atoms with van der Waals surface area (Å²) in [5.41, 5.74) is -1.52. The van der Waals surface area contributed by atoms with E-state index in [1.165, 1.54) is 32.2 Å². The van der Waals surface area contributed by atoms with Gasteiger partial charge in [0.15, 0.2) is 9.84 Å². The van der Waals surface area contributed by atoms with Gasteiger partial charge in [0.05, 0.1) is 16.2 Å². The molecule has 1 aliphatic rings. The summed E-state index contributed by atoms with van der Waals surface area (Å²) in [6.07, 6.45) is -4.45. The van der Waals surface area contributed by atoms with Crippen molar-refractivity contribution in [3.05, 3.63) is 62.6 Å². The van der Waals surface area contributed by atoms with Gasteiger partial charge >= 0.3 is 6.18 Å². The Morgan fingerprint density at radius 3 is 2.44 bits per heavy atom. The van der Waals surface area contributed by atoms with E-state index in [-0.39, 0.29) is 57.0 Å². The Labute approximate surface area is 235 Å². The Kier molecular flexibility index (Phi) is 9.95. The van der Waals surface area contributed by atoms with Gasteiger partial charge in [0.2, 0.25) is 0 Å². The number of sulfone groups is 1. The number of carbonyl (C=O) groups excluding carboxylic acids is 1. The molecule has 16 heteroatoms. The van der Waals surface area contributed by atoms with Crippen LogP contribution >= 0.6 is 23.2 Å². The molecule has 0 bridgehead atoms. The Morgan fingerprint density at radius 2 is 1.82 bits per heavy atom. The predicted molar refractivity (Wildman–Crippen MR) is 142 cm³/mol. The van der Waals surface area contributed by atoms with Gasteiger partial charge in [-0.15, -0.1) is 0 Å². The molecular weight excluding hydrogens is 604 g/mol. The second-order valence-corrected chi connectivity index (χ2v) is 13.6. The van der Waals surface area contributed by atoms with Crippen LogP contribution in [0.1, 0.15) is 40.4 Å². The molecule has 0 saturated carbocycles. The van der Waals surface area contributed by atoms with Crippen molar-refractivity contribution in [3.63, 3.8) is 0 Å². The normalized spacial score (nSPS) is 16.9. The number of likely N-dealkylation sites (tertiary alicyclic amines) is 1. The first-order valence-electron chi connectivity index (χ1n) is 11.7. The van der Waals surface area contributed by atoms with E-state index in [0.717, 1.165) is 6.07 Å².